The van der Waals surface area contributed by atoms with Crippen molar-refractivity contribution in [3.8, 4) is 5.88 Å². The van der Waals surface area contributed by atoms with Crippen molar-refractivity contribution >= 4 is 33.4 Å². The van der Waals surface area contributed by atoms with Crippen LogP contribution in [0.5, 0.6) is 5.88 Å². The number of sulfonamides is 1. The molecule has 9 nitrogen and oxygen atoms in total. The van der Waals surface area contributed by atoms with Gasteiger partial charge in [0.1, 0.15) is 0 Å². The lowest BCUT2D eigenvalue weighted by Crippen LogP contribution is -2.18. The normalized spacial score (nSPS) is 11.2. The summed E-state index contributed by atoms with van der Waals surface area (Å²) in [6.45, 7) is 0. The van der Waals surface area contributed by atoms with E-state index in [9.17, 15) is 23.1 Å². The number of hydrogen-bond donors (Lipinski definition) is 4. The number of amides is 1. The van der Waals surface area contributed by atoms with Gasteiger partial charge in [-0.3, -0.25) is 9.59 Å². The van der Waals surface area contributed by atoms with Crippen molar-refractivity contribution in [2.75, 3.05) is 11.1 Å². The van der Waals surface area contributed by atoms with Gasteiger partial charge in [0, 0.05) is 12.1 Å². The van der Waals surface area contributed by atoms with Crippen LogP contribution < -0.4 is 16.0 Å². The molecule has 1 aromatic heterocycles. The van der Waals surface area contributed by atoms with Gasteiger partial charge in [-0.2, -0.15) is 4.98 Å². The highest BCUT2D eigenvalue weighted by Gasteiger charge is 2.13. The van der Waals surface area contributed by atoms with Crippen LogP contribution in [0.1, 0.15) is 11.1 Å². The Morgan fingerprint density at radius 3 is 2.40 bits per heavy atom. The number of H-pyrrole nitrogens is 1. The van der Waals surface area contributed by atoms with Gasteiger partial charge in [0.2, 0.25) is 21.8 Å². The molecule has 0 unspecified atom stereocenters. The molecule has 1 amide bonds. The van der Waals surface area contributed by atoms with Gasteiger partial charge in [-0.15, -0.1) is 0 Å². The van der Waals surface area contributed by atoms with Crippen LogP contribution in [-0.2, 0) is 21.2 Å². The number of carbonyl (C=O) groups is 1. The lowest BCUT2D eigenvalue weighted by Gasteiger charge is -2.07. The van der Waals surface area contributed by atoms with Crippen molar-refractivity contribution < 1.29 is 18.3 Å². The van der Waals surface area contributed by atoms with E-state index in [0.717, 1.165) is 17.3 Å². The minimum Gasteiger partial charge on any atom is -0.493 e. The number of thioether (sulfide) groups is 1. The summed E-state index contributed by atoms with van der Waals surface area (Å²) in [7, 11) is -3.81. The minimum absolute atomic E-state index is 0.0669. The lowest BCUT2D eigenvalue weighted by molar-refractivity contribution is -0.113. The van der Waals surface area contributed by atoms with Gasteiger partial charge >= 0.3 is 0 Å². The molecule has 0 saturated heterocycles. The summed E-state index contributed by atoms with van der Waals surface area (Å²) in [6, 6.07) is 14.6. The van der Waals surface area contributed by atoms with Gasteiger partial charge in [-0.1, -0.05) is 42.1 Å². The predicted molar refractivity (Wildman–Crippen MR) is 113 cm³/mol. The summed E-state index contributed by atoms with van der Waals surface area (Å²) in [5, 5.41) is 17.8. The Morgan fingerprint density at radius 1 is 1.13 bits per heavy atom. The maximum atomic E-state index is 12.3. The van der Waals surface area contributed by atoms with E-state index in [0.29, 0.717) is 5.69 Å². The summed E-state index contributed by atoms with van der Waals surface area (Å²) in [5.41, 5.74) is 0.904. The van der Waals surface area contributed by atoms with E-state index in [-0.39, 0.29) is 33.7 Å². The van der Waals surface area contributed by atoms with Crippen LogP contribution in [0.3, 0.4) is 0 Å². The molecule has 3 rings (SSSR count). The zero-order chi connectivity index (χ0) is 21.7. The number of aromatic amines is 1. The Bertz CT molecular complexity index is 1210. The molecule has 3 aromatic rings. The fourth-order valence-corrected chi connectivity index (χ4v) is 3.72. The first-order valence-electron chi connectivity index (χ1n) is 8.64. The number of aromatic hydroxyl groups is 1. The van der Waals surface area contributed by atoms with Gasteiger partial charge in [-0.05, 0) is 29.8 Å². The molecule has 0 radical (unpaired) electrons. The van der Waals surface area contributed by atoms with Gasteiger partial charge in [0.15, 0.2) is 5.16 Å². The monoisotopic (exact) mass is 446 g/mol. The quantitative estimate of drug-likeness (QED) is 0.316. The summed E-state index contributed by atoms with van der Waals surface area (Å²) in [6.07, 6.45) is 0.231. The number of aromatic nitrogens is 2. The van der Waals surface area contributed by atoms with Crippen molar-refractivity contribution in [3.05, 3.63) is 76.1 Å². The zero-order valence-electron chi connectivity index (χ0n) is 15.5. The molecule has 30 heavy (non-hydrogen) atoms. The average Bonchev–Trinajstić information content (AvgIpc) is 2.70. The fraction of sp³-hybridized carbons (Fsp3) is 0.105. The highest BCUT2D eigenvalue weighted by atomic mass is 32.2. The first-order valence-corrected chi connectivity index (χ1v) is 11.2. The SMILES string of the molecule is NS(=O)(=O)c1ccc(NC(=O)CSc2nc(O)c(Cc3ccccc3)c(=O)[nH]2)cc1. The summed E-state index contributed by atoms with van der Waals surface area (Å²) in [4.78, 5) is 30.8. The third-order valence-electron chi connectivity index (χ3n) is 4.00. The number of nitrogens with one attached hydrogen (secondary N) is 2. The molecule has 0 spiro atoms. The number of hydrogen-bond acceptors (Lipinski definition) is 7. The van der Waals surface area contributed by atoms with Crippen LogP contribution in [0, 0.1) is 0 Å². The zero-order valence-corrected chi connectivity index (χ0v) is 17.2. The van der Waals surface area contributed by atoms with E-state index in [1.54, 1.807) is 0 Å². The topological polar surface area (TPSA) is 155 Å². The summed E-state index contributed by atoms with van der Waals surface area (Å²) in [5.74, 6) is -0.875. The predicted octanol–water partition coefficient (Wildman–Crippen LogP) is 1.44. The standard InChI is InChI=1S/C19H18N4O5S2/c20-30(27,28)14-8-6-13(7-9-14)21-16(24)11-29-19-22-17(25)15(18(26)23-19)10-12-4-2-1-3-5-12/h1-9H,10-11H2,(H,21,24)(H2,20,27,28)(H2,22,23,25,26). The molecule has 0 aliphatic carbocycles. The largest absolute Gasteiger partial charge is 0.493 e. The van der Waals surface area contributed by atoms with Gasteiger partial charge in [0.25, 0.3) is 5.56 Å². The van der Waals surface area contributed by atoms with Crippen LogP contribution in [0.25, 0.3) is 0 Å². The van der Waals surface area contributed by atoms with Crippen molar-refractivity contribution in [1.29, 1.82) is 0 Å². The van der Waals surface area contributed by atoms with Crippen LogP contribution in [0.2, 0.25) is 0 Å². The molecule has 0 saturated carbocycles. The van der Waals surface area contributed by atoms with E-state index in [4.69, 9.17) is 5.14 Å². The fourth-order valence-electron chi connectivity index (χ4n) is 2.55. The van der Waals surface area contributed by atoms with Crippen LogP contribution in [0.15, 0.2) is 69.4 Å². The molecule has 11 heteroatoms. The van der Waals surface area contributed by atoms with Gasteiger partial charge in [0.05, 0.1) is 16.2 Å². The van der Waals surface area contributed by atoms with Crippen molar-refractivity contribution in [2.24, 2.45) is 5.14 Å². The molecule has 0 aliphatic heterocycles. The first kappa shape index (κ1) is 21.6. The van der Waals surface area contributed by atoms with Crippen LogP contribution in [-0.4, -0.2) is 35.2 Å². The Morgan fingerprint density at radius 2 is 1.80 bits per heavy atom. The third kappa shape index (κ3) is 5.69. The number of anilines is 1. The number of nitrogens with two attached hydrogens (primary N) is 1. The summed E-state index contributed by atoms with van der Waals surface area (Å²) >= 11 is 0.944. The molecule has 0 atom stereocenters. The molecule has 0 fully saturated rings. The molecule has 0 aliphatic rings. The second-order valence-corrected chi connectivity index (χ2v) is 8.77. The maximum Gasteiger partial charge on any atom is 0.258 e. The second kappa shape index (κ2) is 9.11. The Labute approximate surface area is 176 Å². The van der Waals surface area contributed by atoms with Crippen molar-refractivity contribution in [2.45, 2.75) is 16.5 Å². The Balaban J connectivity index is 1.61. The molecular formula is C19H18N4O5S2. The highest BCUT2D eigenvalue weighted by molar-refractivity contribution is 7.99. The van der Waals surface area contributed by atoms with E-state index in [1.165, 1.54) is 24.3 Å². The lowest BCUT2D eigenvalue weighted by atomic mass is 10.1. The number of rotatable bonds is 7. The number of nitrogens with zero attached hydrogens (tertiary/aromatic N) is 1. The highest BCUT2D eigenvalue weighted by Crippen LogP contribution is 2.19. The van der Waals surface area contributed by atoms with Crippen molar-refractivity contribution in [1.82, 2.24) is 9.97 Å². The van der Waals surface area contributed by atoms with Gasteiger partial charge in [-0.25, -0.2) is 13.6 Å². The third-order valence-corrected chi connectivity index (χ3v) is 5.80. The number of benzene rings is 2. The van der Waals surface area contributed by atoms with E-state index in [1.807, 2.05) is 30.3 Å². The molecular weight excluding hydrogens is 428 g/mol. The van der Waals surface area contributed by atoms with E-state index >= 15 is 0 Å². The smallest absolute Gasteiger partial charge is 0.258 e. The van der Waals surface area contributed by atoms with Crippen LogP contribution >= 0.6 is 11.8 Å². The molecule has 5 N–H and O–H groups in total. The van der Waals surface area contributed by atoms with E-state index in [2.05, 4.69) is 15.3 Å². The summed E-state index contributed by atoms with van der Waals surface area (Å²) < 4.78 is 22.5. The first-order chi connectivity index (χ1) is 14.2. The second-order valence-electron chi connectivity index (χ2n) is 6.24. The van der Waals surface area contributed by atoms with Crippen LogP contribution in [0.4, 0.5) is 5.69 Å². The molecule has 2 aromatic carbocycles. The van der Waals surface area contributed by atoms with Gasteiger partial charge < -0.3 is 15.4 Å². The molecule has 156 valence electrons. The Hall–Kier alpha value is -3.15. The molecule has 0 bridgehead atoms. The minimum atomic E-state index is -3.81. The van der Waals surface area contributed by atoms with Crippen molar-refractivity contribution in [3.63, 3.8) is 0 Å². The Kier molecular flexibility index (Phi) is 6.55. The molecule has 1 heterocycles. The number of carbonyl (C=O) groups excluding carboxylic acids is 1. The number of primary sulfonamides is 1. The average molecular weight is 447 g/mol. The van der Waals surface area contributed by atoms with E-state index < -0.39 is 21.5 Å². The maximum absolute atomic E-state index is 12.3.